The number of rotatable bonds is 5. The van der Waals surface area contributed by atoms with Gasteiger partial charge in [-0.15, -0.1) is 0 Å². The third-order valence-corrected chi connectivity index (χ3v) is 3.20. The SMILES string of the molecule is COC(=O)CC1=NN(c2ccc(OC)cc2)C(=O)/C1=C\N(C)C. The topological polar surface area (TPSA) is 71.4 Å². The summed E-state index contributed by atoms with van der Waals surface area (Å²) in [5, 5.41) is 5.55. The van der Waals surface area contributed by atoms with Crippen molar-refractivity contribution in [2.24, 2.45) is 5.10 Å². The lowest BCUT2D eigenvalue weighted by Gasteiger charge is -2.12. The summed E-state index contributed by atoms with van der Waals surface area (Å²) in [5.41, 5.74) is 1.35. The summed E-state index contributed by atoms with van der Waals surface area (Å²) in [6, 6.07) is 6.95. The Labute approximate surface area is 134 Å². The summed E-state index contributed by atoms with van der Waals surface area (Å²) in [4.78, 5) is 25.9. The van der Waals surface area contributed by atoms with Crippen LogP contribution in [-0.2, 0) is 14.3 Å². The Balaban J connectivity index is 2.36. The van der Waals surface area contributed by atoms with Gasteiger partial charge in [-0.25, -0.2) is 0 Å². The van der Waals surface area contributed by atoms with E-state index in [-0.39, 0.29) is 12.3 Å². The van der Waals surface area contributed by atoms with Crippen LogP contribution in [0.25, 0.3) is 0 Å². The van der Waals surface area contributed by atoms with Crippen LogP contribution in [0.2, 0.25) is 0 Å². The number of carbonyl (C=O) groups excluding carboxylic acids is 2. The molecule has 0 atom stereocenters. The molecule has 1 amide bonds. The summed E-state index contributed by atoms with van der Waals surface area (Å²) in [7, 11) is 6.47. The summed E-state index contributed by atoms with van der Waals surface area (Å²) in [5.74, 6) is -0.0521. The minimum absolute atomic E-state index is 0.0609. The van der Waals surface area contributed by atoms with Gasteiger partial charge in [-0.1, -0.05) is 0 Å². The van der Waals surface area contributed by atoms with E-state index in [2.05, 4.69) is 9.84 Å². The van der Waals surface area contributed by atoms with Crippen LogP contribution in [0.5, 0.6) is 5.75 Å². The van der Waals surface area contributed by atoms with Gasteiger partial charge in [0.2, 0.25) is 0 Å². The first-order chi connectivity index (χ1) is 11.0. The normalized spacial score (nSPS) is 15.7. The van der Waals surface area contributed by atoms with Gasteiger partial charge in [0.05, 0.1) is 37.6 Å². The van der Waals surface area contributed by atoms with E-state index in [4.69, 9.17) is 4.74 Å². The van der Waals surface area contributed by atoms with E-state index >= 15 is 0 Å². The molecule has 0 spiro atoms. The highest BCUT2D eigenvalue weighted by atomic mass is 16.5. The van der Waals surface area contributed by atoms with Crippen LogP contribution in [0.15, 0.2) is 41.1 Å². The van der Waals surface area contributed by atoms with Crippen molar-refractivity contribution in [2.45, 2.75) is 6.42 Å². The molecule has 1 aromatic rings. The molecule has 0 saturated carbocycles. The summed E-state index contributed by atoms with van der Waals surface area (Å²) in [6.07, 6.45) is 1.59. The second kappa shape index (κ2) is 6.95. The number of hydrogen-bond acceptors (Lipinski definition) is 6. The molecular formula is C16H19N3O4. The van der Waals surface area contributed by atoms with Crippen LogP contribution in [-0.4, -0.2) is 50.8 Å². The quantitative estimate of drug-likeness (QED) is 0.606. The van der Waals surface area contributed by atoms with E-state index in [0.717, 1.165) is 0 Å². The molecule has 0 unspecified atom stereocenters. The Morgan fingerprint density at radius 1 is 1.26 bits per heavy atom. The lowest BCUT2D eigenvalue weighted by molar-refractivity contribution is -0.139. The van der Waals surface area contributed by atoms with Gasteiger partial charge in [-0.3, -0.25) is 9.59 Å². The van der Waals surface area contributed by atoms with Gasteiger partial charge in [0.1, 0.15) is 5.75 Å². The van der Waals surface area contributed by atoms with Crippen molar-refractivity contribution in [3.8, 4) is 5.75 Å². The van der Waals surface area contributed by atoms with E-state index in [1.54, 1.807) is 56.6 Å². The zero-order valence-electron chi connectivity index (χ0n) is 13.6. The second-order valence-electron chi connectivity index (χ2n) is 5.12. The zero-order valence-corrected chi connectivity index (χ0v) is 13.6. The highest BCUT2D eigenvalue weighted by Crippen LogP contribution is 2.26. The number of amides is 1. The monoisotopic (exact) mass is 317 g/mol. The molecule has 0 radical (unpaired) electrons. The lowest BCUT2D eigenvalue weighted by atomic mass is 10.1. The molecule has 23 heavy (non-hydrogen) atoms. The van der Waals surface area contributed by atoms with E-state index in [1.165, 1.54) is 12.1 Å². The van der Waals surface area contributed by atoms with Crippen molar-refractivity contribution in [3.63, 3.8) is 0 Å². The number of hydrogen-bond donors (Lipinski definition) is 0. The van der Waals surface area contributed by atoms with Gasteiger partial charge < -0.3 is 14.4 Å². The molecule has 0 aromatic heterocycles. The van der Waals surface area contributed by atoms with Gasteiger partial charge in [0, 0.05) is 20.3 Å². The first kappa shape index (κ1) is 16.5. The summed E-state index contributed by atoms with van der Waals surface area (Å²) in [6.45, 7) is 0. The smallest absolute Gasteiger partial charge is 0.311 e. The minimum atomic E-state index is -0.446. The van der Waals surface area contributed by atoms with Crippen LogP contribution in [0.1, 0.15) is 6.42 Å². The van der Waals surface area contributed by atoms with Crippen LogP contribution in [0.3, 0.4) is 0 Å². The van der Waals surface area contributed by atoms with Crippen molar-refractivity contribution in [3.05, 3.63) is 36.0 Å². The Kier molecular flexibility index (Phi) is 5.00. The Bertz CT molecular complexity index is 662. The van der Waals surface area contributed by atoms with E-state index in [9.17, 15) is 9.59 Å². The van der Waals surface area contributed by atoms with Crippen molar-refractivity contribution >= 4 is 23.3 Å². The van der Waals surface area contributed by atoms with Crippen LogP contribution >= 0.6 is 0 Å². The molecule has 0 N–H and O–H groups in total. The average molecular weight is 317 g/mol. The third kappa shape index (κ3) is 3.68. The standard InChI is InChI=1S/C16H19N3O4/c1-18(2)10-13-14(9-15(20)23-4)17-19(16(13)21)11-5-7-12(22-3)8-6-11/h5-8,10H,9H2,1-4H3/b13-10-. The van der Waals surface area contributed by atoms with E-state index in [0.29, 0.717) is 22.7 Å². The Morgan fingerprint density at radius 2 is 1.91 bits per heavy atom. The molecule has 122 valence electrons. The molecule has 7 heteroatoms. The van der Waals surface area contributed by atoms with Crippen molar-refractivity contribution in [1.29, 1.82) is 0 Å². The summed E-state index contributed by atoms with van der Waals surface area (Å²) >= 11 is 0. The fourth-order valence-electron chi connectivity index (χ4n) is 2.08. The number of carbonyl (C=O) groups is 2. The molecule has 0 bridgehead atoms. The molecule has 1 heterocycles. The molecule has 2 rings (SSSR count). The van der Waals surface area contributed by atoms with Crippen molar-refractivity contribution in [2.75, 3.05) is 33.3 Å². The van der Waals surface area contributed by atoms with Crippen molar-refractivity contribution < 1.29 is 19.1 Å². The van der Waals surface area contributed by atoms with E-state index in [1.807, 2.05) is 0 Å². The number of methoxy groups -OCH3 is 2. The molecule has 7 nitrogen and oxygen atoms in total. The minimum Gasteiger partial charge on any atom is -0.497 e. The number of ether oxygens (including phenoxy) is 2. The molecule has 0 saturated heterocycles. The van der Waals surface area contributed by atoms with Crippen LogP contribution in [0, 0.1) is 0 Å². The fraction of sp³-hybridized carbons (Fsp3) is 0.312. The summed E-state index contributed by atoms with van der Waals surface area (Å²) < 4.78 is 9.77. The highest BCUT2D eigenvalue weighted by Gasteiger charge is 2.32. The zero-order chi connectivity index (χ0) is 17.0. The van der Waals surface area contributed by atoms with Gasteiger partial charge in [0.15, 0.2) is 0 Å². The Morgan fingerprint density at radius 3 is 2.43 bits per heavy atom. The molecule has 1 aliphatic heterocycles. The number of benzene rings is 1. The first-order valence-electron chi connectivity index (χ1n) is 6.97. The van der Waals surface area contributed by atoms with Gasteiger partial charge in [-0.2, -0.15) is 10.1 Å². The fourth-order valence-corrected chi connectivity index (χ4v) is 2.08. The van der Waals surface area contributed by atoms with Crippen LogP contribution < -0.4 is 9.75 Å². The van der Waals surface area contributed by atoms with E-state index < -0.39 is 5.97 Å². The second-order valence-corrected chi connectivity index (χ2v) is 5.12. The maximum atomic E-state index is 12.6. The van der Waals surface area contributed by atoms with Gasteiger partial charge in [-0.05, 0) is 24.3 Å². The predicted molar refractivity (Wildman–Crippen MR) is 86.3 cm³/mol. The highest BCUT2D eigenvalue weighted by molar-refractivity contribution is 6.32. The molecule has 1 aromatic carbocycles. The van der Waals surface area contributed by atoms with Gasteiger partial charge >= 0.3 is 5.97 Å². The van der Waals surface area contributed by atoms with Gasteiger partial charge in [0.25, 0.3) is 5.91 Å². The number of nitrogens with zero attached hydrogens (tertiary/aromatic N) is 3. The maximum Gasteiger partial charge on any atom is 0.311 e. The lowest BCUT2D eigenvalue weighted by Crippen LogP contribution is -2.23. The number of hydrazone groups is 1. The molecule has 0 aliphatic carbocycles. The number of anilines is 1. The third-order valence-electron chi connectivity index (χ3n) is 3.20. The Hall–Kier alpha value is -2.83. The number of esters is 1. The van der Waals surface area contributed by atoms with Crippen LogP contribution in [0.4, 0.5) is 5.69 Å². The first-order valence-corrected chi connectivity index (χ1v) is 6.97. The average Bonchev–Trinajstić information content (AvgIpc) is 2.83. The predicted octanol–water partition coefficient (Wildman–Crippen LogP) is 1.41. The maximum absolute atomic E-state index is 12.6. The molecular weight excluding hydrogens is 298 g/mol. The molecule has 1 aliphatic rings. The van der Waals surface area contributed by atoms with Crippen molar-refractivity contribution in [1.82, 2.24) is 4.90 Å². The largest absolute Gasteiger partial charge is 0.497 e. The molecule has 0 fully saturated rings.